The number of rotatable bonds is 5. The van der Waals surface area contributed by atoms with Crippen molar-refractivity contribution in [1.82, 2.24) is 14.5 Å². The standard InChI is InChI=1S/C7H12F2N4O2S/c1-2-13-4-5(7(10)12-13)16(14,15)11-3-6(8)9/h4,6,11H,2-3H2,1H3,(H2,10,12). The number of hydrogen-bond donors (Lipinski definition) is 2. The zero-order chi connectivity index (χ0) is 12.3. The van der Waals surface area contributed by atoms with Crippen LogP contribution < -0.4 is 10.5 Å². The molecule has 0 bridgehead atoms. The number of aryl methyl sites for hydroxylation is 1. The molecule has 0 aliphatic rings. The Morgan fingerprint density at radius 1 is 1.62 bits per heavy atom. The average molecular weight is 254 g/mol. The summed E-state index contributed by atoms with van der Waals surface area (Å²) in [5.41, 5.74) is 5.37. The Bertz CT molecular complexity index is 457. The van der Waals surface area contributed by atoms with E-state index in [9.17, 15) is 17.2 Å². The van der Waals surface area contributed by atoms with Crippen molar-refractivity contribution in [2.24, 2.45) is 0 Å². The van der Waals surface area contributed by atoms with E-state index < -0.39 is 23.0 Å². The number of halogens is 2. The van der Waals surface area contributed by atoms with E-state index in [1.54, 1.807) is 11.6 Å². The quantitative estimate of drug-likeness (QED) is 0.775. The lowest BCUT2D eigenvalue weighted by atomic mass is 10.6. The van der Waals surface area contributed by atoms with Gasteiger partial charge in [0, 0.05) is 12.7 Å². The lowest BCUT2D eigenvalue weighted by Gasteiger charge is -2.03. The molecule has 0 saturated heterocycles. The number of nitrogens with two attached hydrogens (primary N) is 1. The first-order valence-corrected chi connectivity index (χ1v) is 5.96. The summed E-state index contributed by atoms with van der Waals surface area (Å²) in [7, 11) is -4.01. The SMILES string of the molecule is CCn1cc(S(=O)(=O)NCC(F)F)c(N)n1. The molecule has 0 atom stereocenters. The third-order valence-corrected chi connectivity index (χ3v) is 3.24. The summed E-state index contributed by atoms with van der Waals surface area (Å²) in [6, 6.07) is 0. The summed E-state index contributed by atoms with van der Waals surface area (Å²) in [6.07, 6.45) is -1.56. The molecule has 0 aromatic carbocycles. The van der Waals surface area contributed by atoms with E-state index in [2.05, 4.69) is 5.10 Å². The second kappa shape index (κ2) is 4.74. The Morgan fingerprint density at radius 3 is 2.69 bits per heavy atom. The van der Waals surface area contributed by atoms with Crippen molar-refractivity contribution in [3.63, 3.8) is 0 Å². The summed E-state index contributed by atoms with van der Waals surface area (Å²) in [5, 5.41) is 3.71. The van der Waals surface area contributed by atoms with Crippen LogP contribution in [0.25, 0.3) is 0 Å². The Kier molecular flexibility index (Phi) is 3.81. The molecule has 0 unspecified atom stereocenters. The fourth-order valence-electron chi connectivity index (χ4n) is 1.04. The predicted octanol–water partition coefficient (Wildman–Crippen LogP) is 0.0286. The van der Waals surface area contributed by atoms with Crippen LogP contribution in [0.2, 0.25) is 0 Å². The minimum absolute atomic E-state index is 0.205. The number of alkyl halides is 2. The van der Waals surface area contributed by atoms with E-state index in [-0.39, 0.29) is 10.7 Å². The van der Waals surface area contributed by atoms with E-state index in [1.807, 2.05) is 0 Å². The Balaban J connectivity index is 2.93. The summed E-state index contributed by atoms with van der Waals surface area (Å²) in [6.45, 7) is 1.24. The first kappa shape index (κ1) is 12.8. The normalized spacial score (nSPS) is 12.2. The van der Waals surface area contributed by atoms with Gasteiger partial charge < -0.3 is 5.73 Å². The van der Waals surface area contributed by atoms with Gasteiger partial charge in [0.25, 0.3) is 6.43 Å². The highest BCUT2D eigenvalue weighted by molar-refractivity contribution is 7.89. The maximum absolute atomic E-state index is 11.9. The van der Waals surface area contributed by atoms with E-state index >= 15 is 0 Å². The van der Waals surface area contributed by atoms with Gasteiger partial charge in [-0.1, -0.05) is 0 Å². The average Bonchev–Trinajstić information content (AvgIpc) is 2.57. The number of nitrogen functional groups attached to an aromatic ring is 1. The van der Waals surface area contributed by atoms with Crippen molar-refractivity contribution < 1.29 is 17.2 Å². The highest BCUT2D eigenvalue weighted by Gasteiger charge is 2.21. The molecule has 0 amide bonds. The van der Waals surface area contributed by atoms with Crippen LogP contribution in [-0.4, -0.2) is 31.2 Å². The van der Waals surface area contributed by atoms with Crippen LogP contribution in [-0.2, 0) is 16.6 Å². The third kappa shape index (κ3) is 2.89. The van der Waals surface area contributed by atoms with Crippen LogP contribution >= 0.6 is 0 Å². The van der Waals surface area contributed by atoms with Crippen molar-refractivity contribution in [3.05, 3.63) is 6.20 Å². The van der Waals surface area contributed by atoms with Gasteiger partial charge in [0.05, 0.1) is 6.54 Å². The van der Waals surface area contributed by atoms with E-state index in [4.69, 9.17) is 5.73 Å². The molecular weight excluding hydrogens is 242 g/mol. The highest BCUT2D eigenvalue weighted by atomic mass is 32.2. The molecule has 6 nitrogen and oxygen atoms in total. The Morgan fingerprint density at radius 2 is 2.25 bits per heavy atom. The minimum atomic E-state index is -4.01. The zero-order valence-electron chi connectivity index (χ0n) is 8.52. The molecule has 1 rings (SSSR count). The molecule has 92 valence electrons. The van der Waals surface area contributed by atoms with Crippen LogP contribution in [0.5, 0.6) is 0 Å². The van der Waals surface area contributed by atoms with Gasteiger partial charge in [-0.05, 0) is 6.92 Å². The number of hydrogen-bond acceptors (Lipinski definition) is 4. The van der Waals surface area contributed by atoms with Crippen LogP contribution in [0.3, 0.4) is 0 Å². The van der Waals surface area contributed by atoms with Crippen molar-refractivity contribution in [2.75, 3.05) is 12.3 Å². The molecule has 0 aliphatic heterocycles. The number of nitrogens with zero attached hydrogens (tertiary/aromatic N) is 2. The summed E-state index contributed by atoms with van der Waals surface area (Å²) >= 11 is 0. The van der Waals surface area contributed by atoms with Crippen molar-refractivity contribution >= 4 is 15.8 Å². The van der Waals surface area contributed by atoms with Crippen molar-refractivity contribution in [2.45, 2.75) is 24.8 Å². The number of anilines is 1. The van der Waals surface area contributed by atoms with Gasteiger partial charge in [-0.15, -0.1) is 0 Å². The molecule has 1 aromatic heterocycles. The Hall–Kier alpha value is -1.22. The van der Waals surface area contributed by atoms with Gasteiger partial charge in [0.1, 0.15) is 4.90 Å². The summed E-state index contributed by atoms with van der Waals surface area (Å²) < 4.78 is 49.8. The first-order chi connectivity index (χ1) is 7.36. The molecule has 9 heteroatoms. The fourth-order valence-corrected chi connectivity index (χ4v) is 2.12. The highest BCUT2D eigenvalue weighted by Crippen LogP contribution is 2.15. The molecule has 0 spiro atoms. The predicted molar refractivity (Wildman–Crippen MR) is 53.5 cm³/mol. The van der Waals surface area contributed by atoms with Gasteiger partial charge in [-0.25, -0.2) is 21.9 Å². The van der Waals surface area contributed by atoms with Crippen molar-refractivity contribution in [1.29, 1.82) is 0 Å². The first-order valence-electron chi connectivity index (χ1n) is 4.47. The lowest BCUT2D eigenvalue weighted by molar-refractivity contribution is 0.153. The molecule has 0 aliphatic carbocycles. The van der Waals surface area contributed by atoms with E-state index in [1.165, 1.54) is 10.9 Å². The lowest BCUT2D eigenvalue weighted by Crippen LogP contribution is -2.28. The minimum Gasteiger partial charge on any atom is -0.381 e. The van der Waals surface area contributed by atoms with Crippen LogP contribution in [0, 0.1) is 0 Å². The molecular formula is C7H12F2N4O2S. The monoisotopic (exact) mass is 254 g/mol. The second-order valence-corrected chi connectivity index (χ2v) is 4.71. The van der Waals surface area contributed by atoms with E-state index in [0.29, 0.717) is 6.54 Å². The van der Waals surface area contributed by atoms with Crippen LogP contribution in [0.15, 0.2) is 11.1 Å². The van der Waals surface area contributed by atoms with E-state index in [0.717, 1.165) is 0 Å². The number of aromatic nitrogens is 2. The largest absolute Gasteiger partial charge is 0.381 e. The zero-order valence-corrected chi connectivity index (χ0v) is 9.34. The number of nitrogens with one attached hydrogen (secondary N) is 1. The topological polar surface area (TPSA) is 90.0 Å². The molecule has 0 saturated carbocycles. The second-order valence-electron chi connectivity index (χ2n) is 2.98. The summed E-state index contributed by atoms with van der Waals surface area (Å²) in [4.78, 5) is -0.282. The van der Waals surface area contributed by atoms with Gasteiger partial charge in [0.2, 0.25) is 10.0 Å². The van der Waals surface area contributed by atoms with Gasteiger partial charge >= 0.3 is 0 Å². The molecule has 3 N–H and O–H groups in total. The van der Waals surface area contributed by atoms with Gasteiger partial charge in [0.15, 0.2) is 5.82 Å². The van der Waals surface area contributed by atoms with Gasteiger partial charge in [-0.2, -0.15) is 5.10 Å². The van der Waals surface area contributed by atoms with Crippen molar-refractivity contribution in [3.8, 4) is 0 Å². The Labute approximate surface area is 91.5 Å². The maximum atomic E-state index is 11.9. The fraction of sp³-hybridized carbons (Fsp3) is 0.571. The molecule has 16 heavy (non-hydrogen) atoms. The van der Waals surface area contributed by atoms with Gasteiger partial charge in [-0.3, -0.25) is 4.68 Å². The molecule has 0 fully saturated rings. The van der Waals surface area contributed by atoms with Crippen LogP contribution in [0.4, 0.5) is 14.6 Å². The molecule has 1 aromatic rings. The third-order valence-electron chi connectivity index (χ3n) is 1.80. The maximum Gasteiger partial charge on any atom is 0.251 e. The summed E-state index contributed by atoms with van der Waals surface area (Å²) in [5.74, 6) is -0.205. The molecule has 0 radical (unpaired) electrons. The number of sulfonamides is 1. The smallest absolute Gasteiger partial charge is 0.251 e. The molecule has 1 heterocycles. The van der Waals surface area contributed by atoms with Crippen LogP contribution in [0.1, 0.15) is 6.92 Å².